The number of ether oxygens (including phenoxy) is 1. The number of hydrogen-bond acceptors (Lipinski definition) is 3. The molecule has 0 aromatic heterocycles. The van der Waals surface area contributed by atoms with Gasteiger partial charge in [0, 0.05) is 25.6 Å². The molecule has 3 rings (SSSR count). The average Bonchev–Trinajstić information content (AvgIpc) is 3.25. The Morgan fingerprint density at radius 3 is 2.74 bits per heavy atom. The van der Waals surface area contributed by atoms with Gasteiger partial charge in [-0.15, -0.1) is 0 Å². The third-order valence-electron chi connectivity index (χ3n) is 5.23. The minimum atomic E-state index is -0.125. The van der Waals surface area contributed by atoms with Gasteiger partial charge in [0.2, 0.25) is 0 Å². The zero-order chi connectivity index (χ0) is 13.2. The van der Waals surface area contributed by atoms with Gasteiger partial charge in [-0.05, 0) is 31.1 Å². The fraction of sp³-hybridized carbons (Fsp3) is 0.938. The zero-order valence-electron chi connectivity index (χ0n) is 12.1. The first kappa shape index (κ1) is 13.6. The van der Waals surface area contributed by atoms with Crippen LogP contribution in [0.1, 0.15) is 45.4 Å². The van der Waals surface area contributed by atoms with Gasteiger partial charge in [0.1, 0.15) is 6.10 Å². The van der Waals surface area contributed by atoms with Crippen LogP contribution in [-0.2, 0) is 9.53 Å². The van der Waals surface area contributed by atoms with Crippen LogP contribution in [0.4, 0.5) is 0 Å². The fourth-order valence-electron chi connectivity index (χ4n) is 3.67. The number of carbonyl (C=O) groups excluding carboxylic acids is 1. The van der Waals surface area contributed by atoms with Gasteiger partial charge >= 0.3 is 0 Å². The van der Waals surface area contributed by atoms with Crippen LogP contribution in [0.25, 0.3) is 0 Å². The molecule has 0 aromatic carbocycles. The van der Waals surface area contributed by atoms with E-state index < -0.39 is 0 Å². The third-order valence-corrected chi connectivity index (χ3v) is 5.23. The first-order chi connectivity index (χ1) is 9.24. The molecule has 3 heteroatoms. The predicted molar refractivity (Wildman–Crippen MR) is 75.0 cm³/mol. The van der Waals surface area contributed by atoms with Crippen molar-refractivity contribution in [1.29, 1.82) is 0 Å². The summed E-state index contributed by atoms with van der Waals surface area (Å²) in [6.07, 6.45) is 7.63. The average molecular weight is 265 g/mol. The van der Waals surface area contributed by atoms with Crippen molar-refractivity contribution in [2.45, 2.75) is 51.6 Å². The highest BCUT2D eigenvalue weighted by atomic mass is 16.5. The molecule has 1 heterocycles. The van der Waals surface area contributed by atoms with Crippen LogP contribution in [0.2, 0.25) is 0 Å². The van der Waals surface area contributed by atoms with Gasteiger partial charge in [0.25, 0.3) is 0 Å². The normalized spacial score (nSPS) is 37.2. The van der Waals surface area contributed by atoms with Gasteiger partial charge in [-0.2, -0.15) is 0 Å². The predicted octanol–water partition coefficient (Wildman–Crippen LogP) is 2.49. The van der Waals surface area contributed by atoms with Crippen LogP contribution in [0, 0.1) is 17.8 Å². The molecule has 0 bridgehead atoms. The van der Waals surface area contributed by atoms with Gasteiger partial charge in [-0.25, -0.2) is 0 Å². The Balaban J connectivity index is 1.51. The van der Waals surface area contributed by atoms with Crippen LogP contribution in [0.15, 0.2) is 0 Å². The largest absolute Gasteiger partial charge is 0.368 e. The molecule has 3 aliphatic rings. The van der Waals surface area contributed by atoms with Crippen molar-refractivity contribution in [3.05, 3.63) is 0 Å². The van der Waals surface area contributed by atoms with Crippen molar-refractivity contribution in [1.82, 2.24) is 4.90 Å². The van der Waals surface area contributed by atoms with Crippen molar-refractivity contribution in [3.8, 4) is 0 Å². The van der Waals surface area contributed by atoms with E-state index in [1.165, 1.54) is 32.2 Å². The zero-order valence-corrected chi connectivity index (χ0v) is 12.1. The molecule has 2 aliphatic carbocycles. The molecule has 0 aromatic rings. The number of nitrogens with zero attached hydrogens (tertiary/aromatic N) is 1. The summed E-state index contributed by atoms with van der Waals surface area (Å²) in [6, 6.07) is 0. The second kappa shape index (κ2) is 5.92. The molecule has 3 fully saturated rings. The van der Waals surface area contributed by atoms with E-state index in [9.17, 15) is 4.79 Å². The summed E-state index contributed by atoms with van der Waals surface area (Å²) in [7, 11) is 0. The SMILES string of the molecule is CC1CCCCC1CN1CCOC(C(=O)C2CC2)C1. The van der Waals surface area contributed by atoms with Crippen LogP contribution in [0.3, 0.4) is 0 Å². The summed E-state index contributed by atoms with van der Waals surface area (Å²) in [4.78, 5) is 14.6. The minimum absolute atomic E-state index is 0.125. The maximum atomic E-state index is 12.1. The lowest BCUT2D eigenvalue weighted by molar-refractivity contribution is -0.138. The Bertz CT molecular complexity index is 327. The number of rotatable bonds is 4. The van der Waals surface area contributed by atoms with E-state index in [1.54, 1.807) is 0 Å². The topological polar surface area (TPSA) is 29.5 Å². The number of hydrogen-bond donors (Lipinski definition) is 0. The highest BCUT2D eigenvalue weighted by Crippen LogP contribution is 2.33. The van der Waals surface area contributed by atoms with E-state index in [1.807, 2.05) is 0 Å². The van der Waals surface area contributed by atoms with Crippen LogP contribution in [0.5, 0.6) is 0 Å². The van der Waals surface area contributed by atoms with E-state index in [0.717, 1.165) is 44.4 Å². The van der Waals surface area contributed by atoms with Gasteiger partial charge in [0.15, 0.2) is 5.78 Å². The maximum absolute atomic E-state index is 12.1. The number of Topliss-reactive ketones (excluding diaryl/α,β-unsaturated/α-hetero) is 1. The Morgan fingerprint density at radius 2 is 2.00 bits per heavy atom. The molecule has 3 atom stereocenters. The van der Waals surface area contributed by atoms with Gasteiger partial charge in [-0.3, -0.25) is 9.69 Å². The number of ketones is 1. The monoisotopic (exact) mass is 265 g/mol. The Kier molecular flexibility index (Phi) is 4.23. The third kappa shape index (κ3) is 3.38. The van der Waals surface area contributed by atoms with E-state index in [2.05, 4.69) is 11.8 Å². The molecule has 0 N–H and O–H groups in total. The van der Waals surface area contributed by atoms with Crippen molar-refractivity contribution < 1.29 is 9.53 Å². The summed E-state index contributed by atoms with van der Waals surface area (Å²) in [6.45, 7) is 6.18. The number of morpholine rings is 1. The van der Waals surface area contributed by atoms with Gasteiger partial charge in [-0.1, -0.05) is 26.2 Å². The molecule has 19 heavy (non-hydrogen) atoms. The molecule has 2 saturated carbocycles. The van der Waals surface area contributed by atoms with Crippen molar-refractivity contribution in [2.24, 2.45) is 17.8 Å². The van der Waals surface area contributed by atoms with E-state index in [0.29, 0.717) is 11.7 Å². The molecule has 0 amide bonds. The van der Waals surface area contributed by atoms with Crippen LogP contribution >= 0.6 is 0 Å². The van der Waals surface area contributed by atoms with E-state index in [-0.39, 0.29) is 6.10 Å². The highest BCUT2D eigenvalue weighted by Gasteiger charge is 2.38. The Morgan fingerprint density at radius 1 is 1.21 bits per heavy atom. The highest BCUT2D eigenvalue weighted by molar-refractivity contribution is 5.87. The standard InChI is InChI=1S/C16H27NO2/c1-12-4-2-3-5-14(12)10-17-8-9-19-15(11-17)16(18)13-6-7-13/h12-15H,2-11H2,1H3. The molecular weight excluding hydrogens is 238 g/mol. The van der Waals surface area contributed by atoms with Crippen LogP contribution in [-0.4, -0.2) is 43.0 Å². The van der Waals surface area contributed by atoms with E-state index >= 15 is 0 Å². The van der Waals surface area contributed by atoms with Crippen LogP contribution < -0.4 is 0 Å². The lowest BCUT2D eigenvalue weighted by Gasteiger charge is -2.37. The lowest BCUT2D eigenvalue weighted by atomic mass is 9.80. The quantitative estimate of drug-likeness (QED) is 0.782. The molecule has 1 aliphatic heterocycles. The van der Waals surface area contributed by atoms with Gasteiger partial charge < -0.3 is 4.74 Å². The molecule has 3 nitrogen and oxygen atoms in total. The first-order valence-electron chi connectivity index (χ1n) is 8.11. The summed E-state index contributed by atoms with van der Waals surface area (Å²) in [5, 5.41) is 0. The molecule has 0 spiro atoms. The number of carbonyl (C=O) groups is 1. The Hall–Kier alpha value is -0.410. The first-order valence-corrected chi connectivity index (χ1v) is 8.11. The second-order valence-corrected chi connectivity index (χ2v) is 6.82. The molecule has 3 unspecified atom stereocenters. The van der Waals surface area contributed by atoms with Crippen molar-refractivity contribution in [3.63, 3.8) is 0 Å². The summed E-state index contributed by atoms with van der Waals surface area (Å²) >= 11 is 0. The summed E-state index contributed by atoms with van der Waals surface area (Å²) < 4.78 is 5.70. The molecule has 108 valence electrons. The summed E-state index contributed by atoms with van der Waals surface area (Å²) in [5.41, 5.74) is 0. The molecular formula is C16H27NO2. The second-order valence-electron chi connectivity index (χ2n) is 6.82. The van der Waals surface area contributed by atoms with Crippen molar-refractivity contribution in [2.75, 3.05) is 26.2 Å². The minimum Gasteiger partial charge on any atom is -0.368 e. The van der Waals surface area contributed by atoms with Gasteiger partial charge in [0.05, 0.1) is 6.61 Å². The molecule has 0 radical (unpaired) electrons. The Labute approximate surface area is 116 Å². The van der Waals surface area contributed by atoms with E-state index in [4.69, 9.17) is 4.74 Å². The smallest absolute Gasteiger partial charge is 0.165 e. The lowest BCUT2D eigenvalue weighted by Crippen LogP contribution is -2.48. The maximum Gasteiger partial charge on any atom is 0.165 e. The fourth-order valence-corrected chi connectivity index (χ4v) is 3.67. The molecule has 1 saturated heterocycles. The van der Waals surface area contributed by atoms with Crippen molar-refractivity contribution >= 4 is 5.78 Å². The summed E-state index contributed by atoms with van der Waals surface area (Å²) in [5.74, 6) is 2.40.